The summed E-state index contributed by atoms with van der Waals surface area (Å²) in [5.41, 5.74) is -0.409. The number of carbonyl (C=O) groups excluding carboxylic acids is 1. The minimum absolute atomic E-state index is 0.0140. The SMILES string of the molecule is Cc1ncc(CNC(=O)NC2(CO)CCCC2)s1. The van der Waals surface area contributed by atoms with E-state index >= 15 is 0 Å². The van der Waals surface area contributed by atoms with Crippen LogP contribution in [0.1, 0.15) is 35.6 Å². The summed E-state index contributed by atoms with van der Waals surface area (Å²) in [6.07, 6.45) is 5.62. The van der Waals surface area contributed by atoms with Crippen molar-refractivity contribution < 1.29 is 9.90 Å². The third-order valence-corrected chi connectivity index (χ3v) is 4.25. The fourth-order valence-electron chi connectivity index (χ4n) is 2.31. The molecule has 6 heteroatoms. The van der Waals surface area contributed by atoms with Gasteiger partial charge < -0.3 is 15.7 Å². The molecule has 0 unspecified atom stereocenters. The van der Waals surface area contributed by atoms with Gasteiger partial charge in [-0.3, -0.25) is 0 Å². The number of urea groups is 1. The third-order valence-electron chi connectivity index (χ3n) is 3.33. The molecule has 1 aromatic rings. The Morgan fingerprint density at radius 1 is 1.56 bits per heavy atom. The number of carbonyl (C=O) groups is 1. The van der Waals surface area contributed by atoms with Crippen molar-refractivity contribution in [3.8, 4) is 0 Å². The van der Waals surface area contributed by atoms with E-state index in [1.807, 2.05) is 6.92 Å². The van der Waals surface area contributed by atoms with Gasteiger partial charge in [0.2, 0.25) is 0 Å². The molecule has 0 bridgehead atoms. The maximum absolute atomic E-state index is 11.8. The molecule has 3 N–H and O–H groups in total. The average Bonchev–Trinajstić information content (AvgIpc) is 2.97. The minimum atomic E-state index is -0.409. The number of aryl methyl sites for hydroxylation is 1. The fraction of sp³-hybridized carbons (Fsp3) is 0.667. The van der Waals surface area contributed by atoms with Crippen molar-refractivity contribution in [1.29, 1.82) is 0 Å². The first kappa shape index (κ1) is 13.3. The van der Waals surface area contributed by atoms with Crippen LogP contribution >= 0.6 is 11.3 Å². The van der Waals surface area contributed by atoms with Crippen LogP contribution < -0.4 is 10.6 Å². The molecule has 1 aromatic heterocycles. The second-order valence-electron chi connectivity index (χ2n) is 4.80. The van der Waals surface area contributed by atoms with E-state index in [4.69, 9.17) is 0 Å². The van der Waals surface area contributed by atoms with E-state index in [-0.39, 0.29) is 12.6 Å². The van der Waals surface area contributed by atoms with Crippen LogP contribution in [0.15, 0.2) is 6.20 Å². The first-order chi connectivity index (χ1) is 8.63. The molecule has 0 aromatic carbocycles. The number of aromatic nitrogens is 1. The number of thiazole rings is 1. The molecular weight excluding hydrogens is 250 g/mol. The van der Waals surface area contributed by atoms with E-state index in [2.05, 4.69) is 15.6 Å². The zero-order valence-corrected chi connectivity index (χ0v) is 11.3. The highest BCUT2D eigenvalue weighted by Gasteiger charge is 2.34. The predicted octanol–water partition coefficient (Wildman–Crippen LogP) is 1.56. The van der Waals surface area contributed by atoms with Gasteiger partial charge in [-0.2, -0.15) is 0 Å². The Bertz CT molecular complexity index is 413. The number of hydrogen-bond acceptors (Lipinski definition) is 4. The molecular formula is C12H19N3O2S. The lowest BCUT2D eigenvalue weighted by Crippen LogP contribution is -2.52. The van der Waals surface area contributed by atoms with Crippen LogP contribution in [0, 0.1) is 6.92 Å². The van der Waals surface area contributed by atoms with Gasteiger partial charge >= 0.3 is 6.03 Å². The van der Waals surface area contributed by atoms with Crippen LogP contribution in [0.4, 0.5) is 4.79 Å². The molecule has 1 aliphatic carbocycles. The van der Waals surface area contributed by atoms with Crippen LogP contribution in [-0.2, 0) is 6.54 Å². The summed E-state index contributed by atoms with van der Waals surface area (Å²) in [6, 6.07) is -0.211. The van der Waals surface area contributed by atoms with Gasteiger partial charge in [0.25, 0.3) is 0 Å². The van der Waals surface area contributed by atoms with Crippen molar-refractivity contribution in [2.45, 2.75) is 44.7 Å². The lowest BCUT2D eigenvalue weighted by molar-refractivity contribution is 0.163. The molecule has 5 nitrogen and oxygen atoms in total. The Labute approximate surface area is 111 Å². The largest absolute Gasteiger partial charge is 0.394 e. The average molecular weight is 269 g/mol. The molecule has 2 rings (SSSR count). The molecule has 0 radical (unpaired) electrons. The first-order valence-corrected chi connectivity index (χ1v) is 7.03. The van der Waals surface area contributed by atoms with Crippen molar-refractivity contribution >= 4 is 17.4 Å². The topological polar surface area (TPSA) is 74.2 Å². The number of aliphatic hydroxyl groups excluding tert-OH is 1. The van der Waals surface area contributed by atoms with Crippen LogP contribution in [-0.4, -0.2) is 28.3 Å². The minimum Gasteiger partial charge on any atom is -0.394 e. The number of hydrogen-bond donors (Lipinski definition) is 3. The first-order valence-electron chi connectivity index (χ1n) is 6.22. The zero-order valence-electron chi connectivity index (χ0n) is 10.5. The zero-order chi connectivity index (χ0) is 13.0. The Kier molecular flexibility index (Phi) is 4.19. The second-order valence-corrected chi connectivity index (χ2v) is 6.12. The summed E-state index contributed by atoms with van der Waals surface area (Å²) in [7, 11) is 0. The summed E-state index contributed by atoms with van der Waals surface area (Å²) in [6.45, 7) is 2.44. The van der Waals surface area contributed by atoms with E-state index in [1.54, 1.807) is 17.5 Å². The summed E-state index contributed by atoms with van der Waals surface area (Å²) >= 11 is 1.57. The van der Waals surface area contributed by atoms with Gasteiger partial charge in [-0.25, -0.2) is 9.78 Å². The smallest absolute Gasteiger partial charge is 0.315 e. The summed E-state index contributed by atoms with van der Waals surface area (Å²) in [4.78, 5) is 17.0. The Morgan fingerprint density at radius 2 is 2.28 bits per heavy atom. The third kappa shape index (κ3) is 3.20. The molecule has 0 saturated heterocycles. The molecule has 1 fully saturated rings. The Hall–Kier alpha value is -1.14. The van der Waals surface area contributed by atoms with Gasteiger partial charge in [0, 0.05) is 11.1 Å². The monoisotopic (exact) mass is 269 g/mol. The molecule has 18 heavy (non-hydrogen) atoms. The Balaban J connectivity index is 1.81. The van der Waals surface area contributed by atoms with Gasteiger partial charge in [-0.1, -0.05) is 12.8 Å². The summed E-state index contributed by atoms with van der Waals surface area (Å²) in [5.74, 6) is 0. The van der Waals surface area contributed by atoms with Gasteiger partial charge in [0.1, 0.15) is 0 Å². The standard InChI is InChI=1S/C12H19N3O2S/c1-9-13-6-10(18-9)7-14-11(17)15-12(8-16)4-2-3-5-12/h6,16H,2-5,7-8H2,1H3,(H2,14,15,17). The number of nitrogens with one attached hydrogen (secondary N) is 2. The highest BCUT2D eigenvalue weighted by atomic mass is 32.1. The van der Waals surface area contributed by atoms with Crippen molar-refractivity contribution in [2.24, 2.45) is 0 Å². The normalized spacial score (nSPS) is 17.7. The number of rotatable bonds is 4. The molecule has 0 spiro atoms. The highest BCUT2D eigenvalue weighted by Crippen LogP contribution is 2.28. The maximum Gasteiger partial charge on any atom is 0.315 e. The molecule has 0 aliphatic heterocycles. The van der Waals surface area contributed by atoms with Crippen molar-refractivity contribution in [3.63, 3.8) is 0 Å². The van der Waals surface area contributed by atoms with Crippen LogP contribution in [0.5, 0.6) is 0 Å². The van der Waals surface area contributed by atoms with Gasteiger partial charge in [0.05, 0.1) is 23.7 Å². The number of aliphatic hydroxyl groups is 1. The van der Waals surface area contributed by atoms with Crippen molar-refractivity contribution in [3.05, 3.63) is 16.1 Å². The van der Waals surface area contributed by atoms with E-state index in [0.29, 0.717) is 6.54 Å². The Morgan fingerprint density at radius 3 is 2.83 bits per heavy atom. The molecule has 1 saturated carbocycles. The summed E-state index contributed by atoms with van der Waals surface area (Å²) < 4.78 is 0. The molecule has 1 heterocycles. The van der Waals surface area contributed by atoms with E-state index in [0.717, 1.165) is 35.6 Å². The maximum atomic E-state index is 11.8. The van der Waals surface area contributed by atoms with Gasteiger partial charge in [-0.05, 0) is 19.8 Å². The van der Waals surface area contributed by atoms with E-state index < -0.39 is 5.54 Å². The highest BCUT2D eigenvalue weighted by molar-refractivity contribution is 7.11. The van der Waals surface area contributed by atoms with Gasteiger partial charge in [0.15, 0.2) is 0 Å². The molecule has 100 valence electrons. The fourth-order valence-corrected chi connectivity index (χ4v) is 3.05. The van der Waals surface area contributed by atoms with Crippen molar-refractivity contribution in [2.75, 3.05) is 6.61 Å². The van der Waals surface area contributed by atoms with Crippen LogP contribution in [0.3, 0.4) is 0 Å². The molecule has 1 aliphatic rings. The molecule has 2 amide bonds. The lowest BCUT2D eigenvalue weighted by Gasteiger charge is -2.27. The predicted molar refractivity (Wildman–Crippen MR) is 70.5 cm³/mol. The number of nitrogens with zero attached hydrogens (tertiary/aromatic N) is 1. The molecule has 0 atom stereocenters. The van der Waals surface area contributed by atoms with Crippen molar-refractivity contribution in [1.82, 2.24) is 15.6 Å². The lowest BCUT2D eigenvalue weighted by atomic mass is 9.99. The van der Waals surface area contributed by atoms with E-state index in [9.17, 15) is 9.90 Å². The summed E-state index contributed by atoms with van der Waals surface area (Å²) in [5, 5.41) is 16.1. The quantitative estimate of drug-likeness (QED) is 0.776. The number of amides is 2. The van der Waals surface area contributed by atoms with Crippen LogP contribution in [0.2, 0.25) is 0 Å². The van der Waals surface area contributed by atoms with Crippen LogP contribution in [0.25, 0.3) is 0 Å². The van der Waals surface area contributed by atoms with E-state index in [1.165, 1.54) is 0 Å². The second kappa shape index (κ2) is 5.67. The van der Waals surface area contributed by atoms with Gasteiger partial charge in [-0.15, -0.1) is 11.3 Å².